The zero-order valence-corrected chi connectivity index (χ0v) is 11.9. The third kappa shape index (κ3) is 3.20. The van der Waals surface area contributed by atoms with Gasteiger partial charge in [-0.25, -0.2) is 4.98 Å². The van der Waals surface area contributed by atoms with Crippen molar-refractivity contribution in [2.24, 2.45) is 0 Å². The van der Waals surface area contributed by atoms with Crippen LogP contribution >= 0.6 is 15.9 Å². The molecule has 0 saturated carbocycles. The Labute approximate surface area is 115 Å². The third-order valence-electron chi connectivity index (χ3n) is 2.48. The number of aromatic nitrogens is 2. The zero-order chi connectivity index (χ0) is 13.0. The molecule has 0 spiro atoms. The molecule has 1 heterocycles. The van der Waals surface area contributed by atoms with Gasteiger partial charge in [0.15, 0.2) is 0 Å². The van der Waals surface area contributed by atoms with E-state index in [-0.39, 0.29) is 0 Å². The topological polar surface area (TPSA) is 47.0 Å². The van der Waals surface area contributed by atoms with Crippen LogP contribution in [0.4, 0.5) is 5.82 Å². The predicted octanol–water partition coefficient (Wildman–Crippen LogP) is 3.17. The van der Waals surface area contributed by atoms with Gasteiger partial charge in [0.05, 0.1) is 18.1 Å². The highest BCUT2D eigenvalue weighted by atomic mass is 79.9. The SMILES string of the molecule is CNc1cnc(COc2ccc(Br)c(C)c2)cn1. The zero-order valence-electron chi connectivity index (χ0n) is 10.3. The number of nitrogens with one attached hydrogen (secondary N) is 1. The fourth-order valence-electron chi connectivity index (χ4n) is 1.42. The van der Waals surface area contributed by atoms with Gasteiger partial charge in [-0.1, -0.05) is 15.9 Å². The van der Waals surface area contributed by atoms with E-state index >= 15 is 0 Å². The molecule has 2 rings (SSSR count). The van der Waals surface area contributed by atoms with E-state index in [1.165, 1.54) is 0 Å². The van der Waals surface area contributed by atoms with Gasteiger partial charge in [-0.15, -0.1) is 0 Å². The first-order valence-corrected chi connectivity index (χ1v) is 6.36. The molecule has 1 aromatic heterocycles. The lowest BCUT2D eigenvalue weighted by molar-refractivity contribution is 0.300. The van der Waals surface area contributed by atoms with E-state index in [0.717, 1.165) is 27.3 Å². The molecule has 0 aliphatic carbocycles. The highest BCUT2D eigenvalue weighted by molar-refractivity contribution is 9.10. The van der Waals surface area contributed by atoms with Crippen LogP contribution in [0.15, 0.2) is 35.1 Å². The van der Waals surface area contributed by atoms with Crippen LogP contribution in [0.3, 0.4) is 0 Å². The number of aryl methyl sites for hydroxylation is 1. The van der Waals surface area contributed by atoms with E-state index in [2.05, 4.69) is 31.2 Å². The molecule has 0 aliphatic rings. The average Bonchev–Trinajstić information content (AvgIpc) is 2.41. The molecule has 94 valence electrons. The van der Waals surface area contributed by atoms with Crippen LogP contribution in [-0.2, 0) is 6.61 Å². The fourth-order valence-corrected chi connectivity index (χ4v) is 1.67. The lowest BCUT2D eigenvalue weighted by Crippen LogP contribution is -2.01. The first kappa shape index (κ1) is 12.8. The molecular weight excluding hydrogens is 294 g/mol. The molecule has 2 aromatic rings. The molecular formula is C13H14BrN3O. The van der Waals surface area contributed by atoms with Crippen LogP contribution in [0.1, 0.15) is 11.3 Å². The van der Waals surface area contributed by atoms with Gasteiger partial charge in [0.1, 0.15) is 18.2 Å². The average molecular weight is 308 g/mol. The molecule has 0 saturated heterocycles. The van der Waals surface area contributed by atoms with Crippen LogP contribution < -0.4 is 10.1 Å². The molecule has 18 heavy (non-hydrogen) atoms. The predicted molar refractivity (Wildman–Crippen MR) is 74.8 cm³/mol. The minimum absolute atomic E-state index is 0.415. The third-order valence-corrected chi connectivity index (χ3v) is 3.37. The molecule has 0 aliphatic heterocycles. The van der Waals surface area contributed by atoms with Crippen molar-refractivity contribution in [3.63, 3.8) is 0 Å². The van der Waals surface area contributed by atoms with Crippen LogP contribution in [-0.4, -0.2) is 17.0 Å². The fraction of sp³-hybridized carbons (Fsp3) is 0.231. The number of benzene rings is 1. The highest BCUT2D eigenvalue weighted by Gasteiger charge is 2.00. The molecule has 0 unspecified atom stereocenters. The first-order valence-electron chi connectivity index (χ1n) is 5.56. The van der Waals surface area contributed by atoms with Gasteiger partial charge in [-0.3, -0.25) is 4.98 Å². The van der Waals surface area contributed by atoms with Crippen LogP contribution in [0.5, 0.6) is 5.75 Å². The largest absolute Gasteiger partial charge is 0.487 e. The van der Waals surface area contributed by atoms with Gasteiger partial charge in [-0.2, -0.15) is 0 Å². The smallest absolute Gasteiger partial charge is 0.144 e. The second-order valence-electron chi connectivity index (χ2n) is 3.84. The molecule has 0 atom stereocenters. The molecule has 0 radical (unpaired) electrons. The van der Waals surface area contributed by atoms with Gasteiger partial charge in [0.25, 0.3) is 0 Å². The van der Waals surface area contributed by atoms with E-state index in [9.17, 15) is 0 Å². The molecule has 5 heteroatoms. The summed E-state index contributed by atoms with van der Waals surface area (Å²) in [5, 5.41) is 2.92. The maximum Gasteiger partial charge on any atom is 0.144 e. The van der Waals surface area contributed by atoms with Gasteiger partial charge in [0.2, 0.25) is 0 Å². The molecule has 0 bridgehead atoms. The molecule has 0 amide bonds. The van der Waals surface area contributed by atoms with E-state index < -0.39 is 0 Å². The Morgan fingerprint density at radius 2 is 2.11 bits per heavy atom. The van der Waals surface area contributed by atoms with E-state index in [1.54, 1.807) is 12.4 Å². The van der Waals surface area contributed by atoms with Gasteiger partial charge in [0, 0.05) is 11.5 Å². The number of hydrogen-bond donors (Lipinski definition) is 1. The van der Waals surface area contributed by atoms with E-state index in [1.807, 2.05) is 32.2 Å². The summed E-state index contributed by atoms with van der Waals surface area (Å²) in [5.41, 5.74) is 1.94. The van der Waals surface area contributed by atoms with E-state index in [4.69, 9.17) is 4.74 Å². The lowest BCUT2D eigenvalue weighted by atomic mass is 10.2. The maximum absolute atomic E-state index is 5.66. The van der Waals surface area contributed by atoms with E-state index in [0.29, 0.717) is 6.61 Å². The molecule has 4 nitrogen and oxygen atoms in total. The van der Waals surface area contributed by atoms with Crippen LogP contribution in [0.2, 0.25) is 0 Å². The standard InChI is InChI=1S/C13H14BrN3O/c1-9-5-11(3-4-12(9)14)18-8-10-6-17-13(15-2)7-16-10/h3-7H,8H2,1-2H3,(H,15,17). The lowest BCUT2D eigenvalue weighted by Gasteiger charge is -2.07. The number of halogens is 1. The highest BCUT2D eigenvalue weighted by Crippen LogP contribution is 2.22. The summed E-state index contributed by atoms with van der Waals surface area (Å²) in [6, 6.07) is 5.88. The van der Waals surface area contributed by atoms with Crippen molar-refractivity contribution in [1.82, 2.24) is 9.97 Å². The Morgan fingerprint density at radius 3 is 2.72 bits per heavy atom. The van der Waals surface area contributed by atoms with Gasteiger partial charge in [-0.05, 0) is 30.7 Å². The monoisotopic (exact) mass is 307 g/mol. The van der Waals surface area contributed by atoms with Crippen molar-refractivity contribution in [1.29, 1.82) is 0 Å². The maximum atomic E-state index is 5.66. The summed E-state index contributed by atoms with van der Waals surface area (Å²) in [7, 11) is 1.81. The van der Waals surface area contributed by atoms with Crippen molar-refractivity contribution in [2.45, 2.75) is 13.5 Å². The number of hydrogen-bond acceptors (Lipinski definition) is 4. The van der Waals surface area contributed by atoms with Crippen LogP contribution in [0.25, 0.3) is 0 Å². The summed E-state index contributed by atoms with van der Waals surface area (Å²) in [6.45, 7) is 2.44. The van der Waals surface area contributed by atoms with Crippen molar-refractivity contribution < 1.29 is 4.74 Å². The summed E-state index contributed by atoms with van der Waals surface area (Å²) in [4.78, 5) is 8.43. The van der Waals surface area contributed by atoms with Gasteiger partial charge >= 0.3 is 0 Å². The summed E-state index contributed by atoms with van der Waals surface area (Å²) in [5.74, 6) is 1.58. The summed E-state index contributed by atoms with van der Waals surface area (Å²) >= 11 is 3.46. The second kappa shape index (κ2) is 5.82. The molecule has 0 fully saturated rings. The Morgan fingerprint density at radius 1 is 1.28 bits per heavy atom. The van der Waals surface area contributed by atoms with Crippen molar-refractivity contribution in [3.05, 3.63) is 46.3 Å². The minimum atomic E-state index is 0.415. The summed E-state index contributed by atoms with van der Waals surface area (Å²) in [6.07, 6.45) is 3.39. The molecule has 1 aromatic carbocycles. The quantitative estimate of drug-likeness (QED) is 0.942. The Hall–Kier alpha value is -1.62. The van der Waals surface area contributed by atoms with Gasteiger partial charge < -0.3 is 10.1 Å². The first-order chi connectivity index (χ1) is 8.69. The number of ether oxygens (including phenoxy) is 1. The number of anilines is 1. The Balaban J connectivity index is 1.99. The molecule has 1 N–H and O–H groups in total. The summed E-state index contributed by atoms with van der Waals surface area (Å²) < 4.78 is 6.73. The second-order valence-corrected chi connectivity index (χ2v) is 4.70. The van der Waals surface area contributed by atoms with Crippen molar-refractivity contribution in [2.75, 3.05) is 12.4 Å². The van der Waals surface area contributed by atoms with Crippen molar-refractivity contribution in [3.8, 4) is 5.75 Å². The Kier molecular flexibility index (Phi) is 4.15. The number of rotatable bonds is 4. The normalized spacial score (nSPS) is 10.2. The minimum Gasteiger partial charge on any atom is -0.487 e. The number of nitrogens with zero attached hydrogens (tertiary/aromatic N) is 2. The van der Waals surface area contributed by atoms with Crippen LogP contribution in [0, 0.1) is 6.92 Å². The Bertz CT molecular complexity index is 528. The van der Waals surface area contributed by atoms with Crippen molar-refractivity contribution >= 4 is 21.7 Å².